The van der Waals surface area contributed by atoms with Gasteiger partial charge >= 0.3 is 0 Å². The average molecular weight is 470 g/mol. The van der Waals surface area contributed by atoms with Crippen molar-refractivity contribution in [1.29, 1.82) is 0 Å². The molecule has 2 aromatic heterocycles. The van der Waals surface area contributed by atoms with E-state index in [1.54, 1.807) is 11.1 Å². The largest absolute Gasteiger partial charge is 0.329 e. The second kappa shape index (κ2) is 10.5. The molecule has 0 radical (unpaired) electrons. The van der Waals surface area contributed by atoms with Crippen molar-refractivity contribution in [3.63, 3.8) is 0 Å². The monoisotopic (exact) mass is 469 g/mol. The summed E-state index contributed by atoms with van der Waals surface area (Å²) >= 11 is 0. The van der Waals surface area contributed by atoms with Gasteiger partial charge in [0.05, 0.1) is 22.8 Å². The Balaban J connectivity index is 1.71. The molecule has 2 amide bonds. The predicted octanol–water partition coefficient (Wildman–Crippen LogP) is 5.48. The van der Waals surface area contributed by atoms with Gasteiger partial charge in [-0.2, -0.15) is 5.10 Å². The van der Waals surface area contributed by atoms with Gasteiger partial charge in [0.1, 0.15) is 6.54 Å². The number of anilines is 1. The Morgan fingerprint density at radius 1 is 1.06 bits per heavy atom. The standard InChI is InChI=1S/C28H31N5O2/c1-5-15-32(18-26(34)30-24-14-10-9-11-20(24)4)28(35)22-16-25(21-12-7-6-8-13-21)31-27-23(22)17-29-33(27)19(2)3/h6-14,16-17,19H,5,15,18H2,1-4H3,(H,30,34). The third-order valence-corrected chi connectivity index (χ3v) is 5.89. The van der Waals surface area contributed by atoms with Crippen molar-refractivity contribution in [2.45, 2.75) is 40.2 Å². The van der Waals surface area contributed by atoms with Gasteiger partial charge in [0.15, 0.2) is 5.65 Å². The Morgan fingerprint density at radius 3 is 2.46 bits per heavy atom. The summed E-state index contributed by atoms with van der Waals surface area (Å²) in [5.41, 5.74) is 4.49. The van der Waals surface area contributed by atoms with Crippen molar-refractivity contribution >= 4 is 28.5 Å². The number of hydrogen-bond donors (Lipinski definition) is 1. The van der Waals surface area contributed by atoms with Crippen LogP contribution in [0.5, 0.6) is 0 Å². The SMILES string of the molecule is CCCN(CC(=O)Nc1ccccc1C)C(=O)c1cc(-c2ccccc2)nc2c1cnn2C(C)C. The molecule has 0 saturated heterocycles. The Hall–Kier alpha value is -4.00. The molecule has 4 aromatic rings. The summed E-state index contributed by atoms with van der Waals surface area (Å²) in [4.78, 5) is 33.2. The lowest BCUT2D eigenvalue weighted by Crippen LogP contribution is -2.38. The first-order valence-corrected chi connectivity index (χ1v) is 12.0. The maximum absolute atomic E-state index is 13.8. The van der Waals surface area contributed by atoms with Crippen LogP contribution >= 0.6 is 0 Å². The van der Waals surface area contributed by atoms with Crippen LogP contribution in [0.3, 0.4) is 0 Å². The van der Waals surface area contributed by atoms with Crippen LogP contribution in [0.15, 0.2) is 66.9 Å². The molecule has 1 N–H and O–H groups in total. The van der Waals surface area contributed by atoms with E-state index in [1.165, 1.54) is 0 Å². The van der Waals surface area contributed by atoms with Gasteiger partial charge in [-0.05, 0) is 44.9 Å². The highest BCUT2D eigenvalue weighted by atomic mass is 16.2. The number of aryl methyl sites for hydroxylation is 1. The molecule has 2 aromatic carbocycles. The molecule has 0 atom stereocenters. The van der Waals surface area contributed by atoms with Crippen LogP contribution in [-0.2, 0) is 4.79 Å². The zero-order valence-electron chi connectivity index (χ0n) is 20.7. The topological polar surface area (TPSA) is 80.1 Å². The Bertz CT molecular complexity index is 1340. The van der Waals surface area contributed by atoms with Crippen LogP contribution in [-0.4, -0.2) is 44.6 Å². The van der Waals surface area contributed by atoms with Crippen molar-refractivity contribution in [3.8, 4) is 11.3 Å². The van der Waals surface area contributed by atoms with E-state index < -0.39 is 0 Å². The van der Waals surface area contributed by atoms with Crippen molar-refractivity contribution in [2.24, 2.45) is 0 Å². The third kappa shape index (κ3) is 5.24. The minimum absolute atomic E-state index is 0.0379. The number of fused-ring (bicyclic) bond motifs is 1. The van der Waals surface area contributed by atoms with Crippen LogP contribution in [0.2, 0.25) is 0 Å². The normalized spacial score (nSPS) is 11.1. The number of pyridine rings is 1. The Morgan fingerprint density at radius 2 is 1.77 bits per heavy atom. The van der Waals surface area contributed by atoms with E-state index in [-0.39, 0.29) is 24.4 Å². The predicted molar refractivity (Wildman–Crippen MR) is 139 cm³/mol. The van der Waals surface area contributed by atoms with Gasteiger partial charge in [0.2, 0.25) is 5.91 Å². The average Bonchev–Trinajstić information content (AvgIpc) is 3.29. The van der Waals surface area contributed by atoms with E-state index in [2.05, 4.69) is 10.4 Å². The second-order valence-corrected chi connectivity index (χ2v) is 8.93. The van der Waals surface area contributed by atoms with E-state index in [0.29, 0.717) is 28.8 Å². The highest BCUT2D eigenvalue weighted by Crippen LogP contribution is 2.27. The minimum atomic E-state index is -0.229. The van der Waals surface area contributed by atoms with Crippen LogP contribution < -0.4 is 5.32 Å². The maximum Gasteiger partial charge on any atom is 0.255 e. The molecule has 0 bridgehead atoms. The summed E-state index contributed by atoms with van der Waals surface area (Å²) in [6.07, 6.45) is 2.43. The molecular weight excluding hydrogens is 438 g/mol. The fourth-order valence-corrected chi connectivity index (χ4v) is 4.10. The molecule has 35 heavy (non-hydrogen) atoms. The lowest BCUT2D eigenvalue weighted by molar-refractivity contribution is -0.116. The molecule has 7 nitrogen and oxygen atoms in total. The van der Waals surface area contributed by atoms with E-state index in [0.717, 1.165) is 23.2 Å². The number of carbonyl (C=O) groups excluding carboxylic acids is 2. The molecule has 180 valence electrons. The molecule has 0 aliphatic carbocycles. The van der Waals surface area contributed by atoms with Gasteiger partial charge in [-0.1, -0.05) is 55.5 Å². The quantitative estimate of drug-likeness (QED) is 0.371. The molecule has 0 aliphatic heterocycles. The molecule has 0 fully saturated rings. The molecule has 0 aliphatic rings. The molecule has 4 rings (SSSR count). The van der Waals surface area contributed by atoms with Gasteiger partial charge in [-0.15, -0.1) is 0 Å². The van der Waals surface area contributed by atoms with Gasteiger partial charge in [-0.25, -0.2) is 9.67 Å². The number of benzene rings is 2. The fourth-order valence-electron chi connectivity index (χ4n) is 4.10. The summed E-state index contributed by atoms with van der Waals surface area (Å²) in [6.45, 7) is 8.42. The van der Waals surface area contributed by atoms with E-state index in [1.807, 2.05) is 93.0 Å². The van der Waals surface area contributed by atoms with Crippen LogP contribution in [0, 0.1) is 6.92 Å². The number of carbonyl (C=O) groups is 2. The number of aromatic nitrogens is 3. The number of rotatable bonds is 8. The smallest absolute Gasteiger partial charge is 0.255 e. The highest BCUT2D eigenvalue weighted by molar-refractivity contribution is 6.08. The minimum Gasteiger partial charge on any atom is -0.329 e. The number of hydrogen-bond acceptors (Lipinski definition) is 4. The summed E-state index contributed by atoms with van der Waals surface area (Å²) in [5.74, 6) is -0.438. The van der Waals surface area contributed by atoms with E-state index in [9.17, 15) is 9.59 Å². The number of amides is 2. The summed E-state index contributed by atoms with van der Waals surface area (Å²) in [5, 5.41) is 8.13. The highest BCUT2D eigenvalue weighted by Gasteiger charge is 2.24. The van der Waals surface area contributed by atoms with Gasteiger partial charge < -0.3 is 10.2 Å². The first-order chi connectivity index (χ1) is 16.9. The van der Waals surface area contributed by atoms with E-state index >= 15 is 0 Å². The van der Waals surface area contributed by atoms with Gasteiger partial charge in [0.25, 0.3) is 5.91 Å². The Kier molecular flexibility index (Phi) is 7.25. The Labute approximate surface area is 205 Å². The first-order valence-electron chi connectivity index (χ1n) is 12.0. The molecule has 2 heterocycles. The molecular formula is C28H31N5O2. The van der Waals surface area contributed by atoms with Gasteiger partial charge in [0, 0.05) is 23.8 Å². The van der Waals surface area contributed by atoms with Crippen molar-refractivity contribution in [1.82, 2.24) is 19.7 Å². The number of nitrogens with one attached hydrogen (secondary N) is 1. The molecule has 0 unspecified atom stereocenters. The fraction of sp³-hybridized carbons (Fsp3) is 0.286. The summed E-state index contributed by atoms with van der Waals surface area (Å²) in [6, 6.07) is 19.3. The third-order valence-electron chi connectivity index (χ3n) is 5.89. The zero-order chi connectivity index (χ0) is 24.9. The van der Waals surface area contributed by atoms with Crippen molar-refractivity contribution < 1.29 is 9.59 Å². The van der Waals surface area contributed by atoms with Crippen LogP contribution in [0.1, 0.15) is 49.2 Å². The van der Waals surface area contributed by atoms with Crippen molar-refractivity contribution in [3.05, 3.63) is 78.0 Å². The van der Waals surface area contributed by atoms with E-state index in [4.69, 9.17) is 4.98 Å². The lowest BCUT2D eigenvalue weighted by Gasteiger charge is -2.22. The van der Waals surface area contributed by atoms with Gasteiger partial charge in [-0.3, -0.25) is 9.59 Å². The van der Waals surface area contributed by atoms with Crippen molar-refractivity contribution in [2.75, 3.05) is 18.4 Å². The first kappa shape index (κ1) is 24.1. The van der Waals surface area contributed by atoms with Crippen LogP contribution in [0.25, 0.3) is 22.3 Å². The molecule has 7 heteroatoms. The lowest BCUT2D eigenvalue weighted by atomic mass is 10.1. The maximum atomic E-state index is 13.8. The summed E-state index contributed by atoms with van der Waals surface area (Å²) in [7, 11) is 0. The number of para-hydroxylation sites is 1. The molecule has 0 spiro atoms. The van der Waals surface area contributed by atoms with Crippen LogP contribution in [0.4, 0.5) is 5.69 Å². The molecule has 0 saturated carbocycles. The number of nitrogens with zero attached hydrogens (tertiary/aromatic N) is 4. The summed E-state index contributed by atoms with van der Waals surface area (Å²) < 4.78 is 1.83. The zero-order valence-corrected chi connectivity index (χ0v) is 20.7. The second-order valence-electron chi connectivity index (χ2n) is 8.93.